The molecule has 1 saturated heterocycles. The van der Waals surface area contributed by atoms with E-state index in [2.05, 4.69) is 30.8 Å². The summed E-state index contributed by atoms with van der Waals surface area (Å²) in [5.41, 5.74) is 1.47. The number of nitrogens with zero attached hydrogens (tertiary/aromatic N) is 4. The lowest BCUT2D eigenvalue weighted by molar-refractivity contribution is -0.120. The third-order valence-corrected chi connectivity index (χ3v) is 5.21. The van der Waals surface area contributed by atoms with Crippen molar-refractivity contribution in [3.05, 3.63) is 41.2 Å². The summed E-state index contributed by atoms with van der Waals surface area (Å²) in [4.78, 5) is 34.2. The summed E-state index contributed by atoms with van der Waals surface area (Å²) in [6.07, 6.45) is 0.130. The Labute approximate surface area is 170 Å². The van der Waals surface area contributed by atoms with Crippen molar-refractivity contribution in [1.29, 1.82) is 0 Å². The van der Waals surface area contributed by atoms with E-state index < -0.39 is 0 Å². The topological polar surface area (TPSA) is 125 Å². The molecule has 0 spiro atoms. The van der Waals surface area contributed by atoms with Gasteiger partial charge in [0.1, 0.15) is 11.6 Å². The average molecular weight is 413 g/mol. The number of anilines is 1. The van der Waals surface area contributed by atoms with Gasteiger partial charge in [0.15, 0.2) is 11.0 Å². The Hall–Kier alpha value is -3.47. The Balaban J connectivity index is 1.30. The molecule has 1 aliphatic rings. The number of carbonyl (C=O) groups excluding carboxylic acids is 2. The highest BCUT2D eigenvalue weighted by Crippen LogP contribution is 2.22. The fourth-order valence-electron chi connectivity index (χ4n) is 2.81. The van der Waals surface area contributed by atoms with Crippen LogP contribution in [0.4, 0.5) is 9.93 Å². The van der Waals surface area contributed by atoms with Crippen LogP contribution in [0.1, 0.15) is 11.5 Å². The van der Waals surface area contributed by atoms with Crippen LogP contribution in [0.3, 0.4) is 0 Å². The van der Waals surface area contributed by atoms with Gasteiger partial charge in [0.2, 0.25) is 5.91 Å². The summed E-state index contributed by atoms with van der Waals surface area (Å²) in [6, 6.07) is 7.24. The molecule has 0 radical (unpaired) electrons. The highest BCUT2D eigenvalue weighted by molar-refractivity contribution is 7.14. The second-order valence-corrected chi connectivity index (χ2v) is 7.13. The van der Waals surface area contributed by atoms with Gasteiger partial charge in [-0.3, -0.25) is 14.8 Å². The molecule has 0 atom stereocenters. The first-order valence-corrected chi connectivity index (χ1v) is 9.82. The van der Waals surface area contributed by atoms with Crippen molar-refractivity contribution in [1.82, 2.24) is 30.8 Å². The van der Waals surface area contributed by atoms with Gasteiger partial charge in [0.25, 0.3) is 0 Å². The van der Waals surface area contributed by atoms with E-state index in [0.29, 0.717) is 35.6 Å². The van der Waals surface area contributed by atoms with Crippen LogP contribution in [0.25, 0.3) is 11.4 Å². The lowest BCUT2D eigenvalue weighted by Crippen LogP contribution is -2.28. The van der Waals surface area contributed by atoms with E-state index in [1.807, 2.05) is 24.3 Å². The van der Waals surface area contributed by atoms with E-state index in [0.717, 1.165) is 11.3 Å². The Morgan fingerprint density at radius 2 is 2.14 bits per heavy atom. The Kier molecular flexibility index (Phi) is 5.38. The normalized spacial score (nSPS) is 13.4. The van der Waals surface area contributed by atoms with Crippen LogP contribution in [-0.4, -0.2) is 52.3 Å². The molecule has 150 valence electrons. The molecular weight excluding hydrogens is 394 g/mol. The summed E-state index contributed by atoms with van der Waals surface area (Å²) < 4.78 is 5.14. The number of ether oxygens (including phenoxy) is 1. The molecule has 11 heteroatoms. The number of H-pyrrole nitrogens is 1. The Morgan fingerprint density at radius 3 is 2.86 bits per heavy atom. The average Bonchev–Trinajstić information content (AvgIpc) is 3.47. The van der Waals surface area contributed by atoms with Crippen LogP contribution >= 0.6 is 11.3 Å². The molecule has 0 aliphatic carbocycles. The minimum absolute atomic E-state index is 0.130. The van der Waals surface area contributed by atoms with Crippen molar-refractivity contribution in [2.24, 2.45) is 0 Å². The van der Waals surface area contributed by atoms with Crippen molar-refractivity contribution in [3.63, 3.8) is 0 Å². The van der Waals surface area contributed by atoms with Gasteiger partial charge in [-0.2, -0.15) is 5.10 Å². The molecule has 1 aromatic carbocycles. The van der Waals surface area contributed by atoms with Gasteiger partial charge in [-0.05, 0) is 24.3 Å². The first-order valence-electron chi connectivity index (χ1n) is 8.94. The zero-order chi connectivity index (χ0) is 20.2. The minimum Gasteiger partial charge on any atom is -0.497 e. The van der Waals surface area contributed by atoms with Crippen molar-refractivity contribution >= 4 is 28.4 Å². The predicted octanol–water partition coefficient (Wildman–Crippen LogP) is 1.33. The molecule has 3 heterocycles. The van der Waals surface area contributed by atoms with Crippen LogP contribution in [0.5, 0.6) is 5.75 Å². The van der Waals surface area contributed by atoms with Crippen molar-refractivity contribution in [2.75, 3.05) is 25.1 Å². The number of methoxy groups -OCH3 is 1. The SMILES string of the molecule is COc1ccc(-c2n[nH]c(CNC(=O)Cc3csc(N4CCNC4=O)n3)n2)cc1. The summed E-state index contributed by atoms with van der Waals surface area (Å²) in [5.74, 6) is 1.67. The lowest BCUT2D eigenvalue weighted by Gasteiger charge is -2.08. The van der Waals surface area contributed by atoms with Crippen LogP contribution in [0.15, 0.2) is 29.6 Å². The van der Waals surface area contributed by atoms with Crippen LogP contribution in [0, 0.1) is 0 Å². The molecule has 1 fully saturated rings. The number of amides is 3. The fraction of sp³-hybridized carbons (Fsp3) is 0.278. The second kappa shape index (κ2) is 8.27. The van der Waals surface area contributed by atoms with Crippen molar-refractivity contribution in [2.45, 2.75) is 13.0 Å². The third-order valence-electron chi connectivity index (χ3n) is 4.30. The number of benzene rings is 1. The number of urea groups is 1. The molecule has 0 unspecified atom stereocenters. The monoisotopic (exact) mass is 413 g/mol. The molecule has 10 nitrogen and oxygen atoms in total. The maximum absolute atomic E-state index is 12.2. The Bertz CT molecular complexity index is 1010. The van der Waals surface area contributed by atoms with Crippen LogP contribution in [0.2, 0.25) is 0 Å². The zero-order valence-electron chi connectivity index (χ0n) is 15.6. The van der Waals surface area contributed by atoms with E-state index >= 15 is 0 Å². The fourth-order valence-corrected chi connectivity index (χ4v) is 3.66. The summed E-state index contributed by atoms with van der Waals surface area (Å²) in [7, 11) is 1.61. The molecule has 4 rings (SSSR count). The van der Waals surface area contributed by atoms with Gasteiger partial charge in [0, 0.05) is 24.0 Å². The maximum atomic E-state index is 12.2. The van der Waals surface area contributed by atoms with Crippen LogP contribution in [-0.2, 0) is 17.8 Å². The lowest BCUT2D eigenvalue weighted by atomic mass is 10.2. The number of aromatic nitrogens is 4. The summed E-state index contributed by atoms with van der Waals surface area (Å²) in [6.45, 7) is 1.41. The maximum Gasteiger partial charge on any atom is 0.323 e. The highest BCUT2D eigenvalue weighted by Gasteiger charge is 2.24. The molecule has 29 heavy (non-hydrogen) atoms. The summed E-state index contributed by atoms with van der Waals surface area (Å²) >= 11 is 1.35. The molecule has 3 amide bonds. The molecular formula is C18H19N7O3S. The van der Waals surface area contributed by atoms with Crippen molar-refractivity contribution in [3.8, 4) is 17.1 Å². The van der Waals surface area contributed by atoms with E-state index in [1.54, 1.807) is 17.4 Å². The number of carbonyl (C=O) groups is 2. The minimum atomic E-state index is -0.185. The third kappa shape index (κ3) is 4.35. The van der Waals surface area contributed by atoms with Crippen molar-refractivity contribution < 1.29 is 14.3 Å². The second-order valence-electron chi connectivity index (χ2n) is 6.29. The molecule has 2 aromatic heterocycles. The van der Waals surface area contributed by atoms with E-state index in [4.69, 9.17) is 4.74 Å². The smallest absolute Gasteiger partial charge is 0.323 e. The summed E-state index contributed by atoms with van der Waals surface area (Å²) in [5, 5.41) is 14.9. The van der Waals surface area contributed by atoms with Crippen LogP contribution < -0.4 is 20.3 Å². The van der Waals surface area contributed by atoms with Gasteiger partial charge < -0.3 is 15.4 Å². The number of hydrogen-bond acceptors (Lipinski definition) is 7. The zero-order valence-corrected chi connectivity index (χ0v) is 16.5. The first kappa shape index (κ1) is 18.9. The highest BCUT2D eigenvalue weighted by atomic mass is 32.1. The van der Waals surface area contributed by atoms with E-state index in [1.165, 1.54) is 11.3 Å². The first-order chi connectivity index (χ1) is 14.1. The number of aromatic amines is 1. The van der Waals surface area contributed by atoms with E-state index in [9.17, 15) is 9.59 Å². The quantitative estimate of drug-likeness (QED) is 0.537. The molecule has 3 aromatic rings. The van der Waals surface area contributed by atoms with Gasteiger partial charge in [0.05, 0.1) is 25.8 Å². The number of thiazole rings is 1. The molecule has 0 bridgehead atoms. The molecule has 1 aliphatic heterocycles. The molecule has 0 saturated carbocycles. The number of nitrogens with one attached hydrogen (secondary N) is 3. The van der Waals surface area contributed by atoms with Gasteiger partial charge in [-0.1, -0.05) is 0 Å². The van der Waals surface area contributed by atoms with E-state index in [-0.39, 0.29) is 24.9 Å². The molecule has 3 N–H and O–H groups in total. The number of rotatable bonds is 7. The van der Waals surface area contributed by atoms with Gasteiger partial charge in [-0.15, -0.1) is 11.3 Å². The van der Waals surface area contributed by atoms with Gasteiger partial charge >= 0.3 is 6.03 Å². The van der Waals surface area contributed by atoms with Gasteiger partial charge in [-0.25, -0.2) is 14.8 Å². The predicted molar refractivity (Wildman–Crippen MR) is 107 cm³/mol. The largest absolute Gasteiger partial charge is 0.497 e. The number of hydrogen-bond donors (Lipinski definition) is 3. The Morgan fingerprint density at radius 1 is 1.31 bits per heavy atom. The standard InChI is InChI=1S/C18H19N7O3S/c1-28-13-4-2-11(3-5-13)16-22-14(23-24-16)9-20-15(26)8-12-10-29-18(21-12)25-7-6-19-17(25)27/h2-5,10H,6-9H2,1H3,(H,19,27)(H,20,26)(H,22,23,24).